The topological polar surface area (TPSA) is 75.3 Å². The Kier molecular flexibility index (Phi) is 6.74. The first-order chi connectivity index (χ1) is 13.3. The maximum atomic E-state index is 13.0. The van der Waals surface area contributed by atoms with Crippen molar-refractivity contribution in [1.29, 1.82) is 0 Å². The van der Waals surface area contributed by atoms with Crippen molar-refractivity contribution in [2.24, 2.45) is 0 Å². The van der Waals surface area contributed by atoms with E-state index in [1.54, 1.807) is 32.9 Å². The van der Waals surface area contributed by atoms with Crippen LogP contribution >= 0.6 is 0 Å². The Bertz CT molecular complexity index is 964. The van der Waals surface area contributed by atoms with Crippen LogP contribution in [0.4, 0.5) is 18.9 Å². The maximum Gasteiger partial charge on any atom is 0.418 e. The van der Waals surface area contributed by atoms with Crippen molar-refractivity contribution in [1.82, 2.24) is 4.72 Å². The number of anilines is 1. The number of carbonyl (C=O) groups is 1. The van der Waals surface area contributed by atoms with Gasteiger partial charge in [-0.2, -0.15) is 13.2 Å². The van der Waals surface area contributed by atoms with E-state index in [9.17, 15) is 26.4 Å². The normalized spacial score (nSPS) is 12.6. The highest BCUT2D eigenvalue weighted by molar-refractivity contribution is 7.89. The number of carbonyl (C=O) groups excluding carboxylic acids is 1. The van der Waals surface area contributed by atoms with E-state index in [-0.39, 0.29) is 23.4 Å². The zero-order valence-electron chi connectivity index (χ0n) is 16.3. The third-order valence-corrected chi connectivity index (χ3v) is 5.60. The molecule has 0 aliphatic rings. The summed E-state index contributed by atoms with van der Waals surface area (Å²) in [7, 11) is -3.66. The molecule has 2 N–H and O–H groups in total. The Labute approximate surface area is 168 Å². The van der Waals surface area contributed by atoms with Gasteiger partial charge in [-0.05, 0) is 57.0 Å². The fourth-order valence-corrected chi connectivity index (χ4v) is 4.03. The minimum atomic E-state index is -4.56. The molecule has 2 aromatic rings. The molecule has 0 fully saturated rings. The van der Waals surface area contributed by atoms with Gasteiger partial charge in [0.25, 0.3) is 0 Å². The molecule has 0 aliphatic carbocycles. The lowest BCUT2D eigenvalue weighted by atomic mass is 10.1. The monoisotopic (exact) mass is 428 g/mol. The average Bonchev–Trinajstić information content (AvgIpc) is 2.58. The van der Waals surface area contributed by atoms with Gasteiger partial charge in [-0.3, -0.25) is 4.79 Å². The molecular weight excluding hydrogens is 405 g/mol. The zero-order chi connectivity index (χ0) is 21.9. The smallest absolute Gasteiger partial charge is 0.325 e. The molecule has 0 saturated carbocycles. The highest BCUT2D eigenvalue weighted by Crippen LogP contribution is 2.34. The van der Waals surface area contributed by atoms with Gasteiger partial charge in [-0.25, -0.2) is 13.1 Å². The van der Waals surface area contributed by atoms with Gasteiger partial charge < -0.3 is 5.32 Å². The molecule has 0 unspecified atom stereocenters. The second-order valence-corrected chi connectivity index (χ2v) is 9.27. The number of halogens is 3. The second kappa shape index (κ2) is 8.54. The number of sulfonamides is 1. The molecule has 2 rings (SSSR count). The Balaban J connectivity index is 2.00. The Morgan fingerprint density at radius 1 is 0.966 bits per heavy atom. The zero-order valence-corrected chi connectivity index (χ0v) is 17.1. The molecular formula is C20H23F3N2O3S. The van der Waals surface area contributed by atoms with Gasteiger partial charge in [0, 0.05) is 12.0 Å². The van der Waals surface area contributed by atoms with Crippen molar-refractivity contribution in [3.8, 4) is 0 Å². The second-order valence-electron chi connectivity index (χ2n) is 7.59. The van der Waals surface area contributed by atoms with Gasteiger partial charge in [0.2, 0.25) is 15.9 Å². The van der Waals surface area contributed by atoms with Crippen molar-refractivity contribution in [3.63, 3.8) is 0 Å². The van der Waals surface area contributed by atoms with Crippen LogP contribution in [-0.2, 0) is 27.4 Å². The fourth-order valence-electron chi connectivity index (χ4n) is 2.61. The molecule has 29 heavy (non-hydrogen) atoms. The summed E-state index contributed by atoms with van der Waals surface area (Å²) in [5.74, 6) is -0.562. The number of rotatable bonds is 6. The molecule has 0 saturated heterocycles. The summed E-state index contributed by atoms with van der Waals surface area (Å²) in [4.78, 5) is 12.2. The van der Waals surface area contributed by atoms with Crippen molar-refractivity contribution in [2.75, 3.05) is 5.32 Å². The first-order valence-corrected chi connectivity index (χ1v) is 10.4. The minimum Gasteiger partial charge on any atom is -0.325 e. The molecule has 0 bridgehead atoms. The summed E-state index contributed by atoms with van der Waals surface area (Å²) >= 11 is 0. The first-order valence-electron chi connectivity index (χ1n) is 8.87. The highest BCUT2D eigenvalue weighted by atomic mass is 32.2. The van der Waals surface area contributed by atoms with E-state index in [2.05, 4.69) is 10.0 Å². The summed E-state index contributed by atoms with van der Waals surface area (Å²) in [6, 6.07) is 10.8. The van der Waals surface area contributed by atoms with Gasteiger partial charge >= 0.3 is 6.18 Å². The summed E-state index contributed by atoms with van der Waals surface area (Å²) < 4.78 is 66.0. The number of hydrogen-bond acceptors (Lipinski definition) is 3. The van der Waals surface area contributed by atoms with Gasteiger partial charge in [0.1, 0.15) is 0 Å². The van der Waals surface area contributed by atoms with E-state index in [0.29, 0.717) is 5.56 Å². The minimum absolute atomic E-state index is 0.0431. The SMILES string of the molecule is CC(C)(C)NS(=O)(=O)c1ccc(CCC(=O)Nc2ccccc2C(F)(F)F)cc1. The lowest BCUT2D eigenvalue weighted by Gasteiger charge is -2.20. The van der Waals surface area contributed by atoms with Crippen molar-refractivity contribution in [3.05, 3.63) is 59.7 Å². The average molecular weight is 428 g/mol. The van der Waals surface area contributed by atoms with Crippen LogP contribution in [0.15, 0.2) is 53.4 Å². The molecule has 5 nitrogen and oxygen atoms in total. The molecule has 1 amide bonds. The quantitative estimate of drug-likeness (QED) is 0.718. The first kappa shape index (κ1) is 22.9. The van der Waals surface area contributed by atoms with E-state index in [0.717, 1.165) is 6.07 Å². The molecule has 158 valence electrons. The van der Waals surface area contributed by atoms with Crippen LogP contribution in [0.1, 0.15) is 38.3 Å². The van der Waals surface area contributed by atoms with E-state index in [1.807, 2.05) is 0 Å². The summed E-state index contributed by atoms with van der Waals surface area (Å²) in [6.45, 7) is 5.19. The highest BCUT2D eigenvalue weighted by Gasteiger charge is 2.33. The number of nitrogens with one attached hydrogen (secondary N) is 2. The van der Waals surface area contributed by atoms with Crippen LogP contribution < -0.4 is 10.0 Å². The van der Waals surface area contributed by atoms with Crippen LogP contribution in [0.25, 0.3) is 0 Å². The van der Waals surface area contributed by atoms with Gasteiger partial charge in [0.05, 0.1) is 16.1 Å². The van der Waals surface area contributed by atoms with Crippen LogP contribution in [0.2, 0.25) is 0 Å². The lowest BCUT2D eigenvalue weighted by Crippen LogP contribution is -2.40. The molecule has 0 spiro atoms. The number of alkyl halides is 3. The third kappa shape index (κ3) is 6.86. The van der Waals surface area contributed by atoms with E-state index in [1.165, 1.54) is 30.3 Å². The van der Waals surface area contributed by atoms with E-state index in [4.69, 9.17) is 0 Å². The lowest BCUT2D eigenvalue weighted by molar-refractivity contribution is -0.137. The predicted octanol–water partition coefficient (Wildman–Crippen LogP) is 4.35. The molecule has 0 aromatic heterocycles. The summed E-state index contributed by atoms with van der Waals surface area (Å²) in [5, 5.41) is 2.28. The molecule has 9 heteroatoms. The van der Waals surface area contributed by atoms with Crippen LogP contribution in [0.5, 0.6) is 0 Å². The fraction of sp³-hybridized carbons (Fsp3) is 0.350. The molecule has 0 radical (unpaired) electrons. The number of aryl methyl sites for hydroxylation is 1. The molecule has 0 aliphatic heterocycles. The number of para-hydroxylation sites is 1. The number of amides is 1. The molecule has 0 atom stereocenters. The van der Waals surface area contributed by atoms with Gasteiger partial charge in [-0.15, -0.1) is 0 Å². The van der Waals surface area contributed by atoms with Crippen molar-refractivity contribution >= 4 is 21.6 Å². The Hall–Kier alpha value is -2.39. The Morgan fingerprint density at radius 2 is 1.55 bits per heavy atom. The van der Waals surface area contributed by atoms with Gasteiger partial charge in [0.15, 0.2) is 0 Å². The van der Waals surface area contributed by atoms with Crippen LogP contribution in [0.3, 0.4) is 0 Å². The van der Waals surface area contributed by atoms with E-state index >= 15 is 0 Å². The Morgan fingerprint density at radius 3 is 2.10 bits per heavy atom. The largest absolute Gasteiger partial charge is 0.418 e. The standard InChI is InChI=1S/C20H23F3N2O3S/c1-19(2,3)25-29(27,28)15-11-8-14(9-12-15)10-13-18(26)24-17-7-5-4-6-16(17)20(21,22)23/h4-9,11-12,25H,10,13H2,1-3H3,(H,24,26). The van der Waals surface area contributed by atoms with E-state index < -0.39 is 33.2 Å². The third-order valence-electron chi connectivity index (χ3n) is 3.82. The van der Waals surface area contributed by atoms with Crippen molar-refractivity contribution < 1.29 is 26.4 Å². The maximum absolute atomic E-state index is 13.0. The van der Waals surface area contributed by atoms with Crippen LogP contribution in [-0.4, -0.2) is 19.9 Å². The van der Waals surface area contributed by atoms with Crippen molar-refractivity contribution in [2.45, 2.75) is 50.2 Å². The van der Waals surface area contributed by atoms with Crippen LogP contribution in [0, 0.1) is 0 Å². The number of benzene rings is 2. The summed E-state index contributed by atoms with van der Waals surface area (Å²) in [5.41, 5.74) is -1.13. The summed E-state index contributed by atoms with van der Waals surface area (Å²) in [6.07, 6.45) is -4.35. The number of hydrogen-bond donors (Lipinski definition) is 2. The molecule has 2 aromatic carbocycles. The van der Waals surface area contributed by atoms with Gasteiger partial charge in [-0.1, -0.05) is 24.3 Å². The molecule has 0 heterocycles. The predicted molar refractivity (Wildman–Crippen MR) is 105 cm³/mol.